The molecule has 26 heavy (non-hydrogen) atoms. The minimum Gasteiger partial charge on any atom is -0.461 e. The lowest BCUT2D eigenvalue weighted by atomic mass is 9.94. The molecule has 0 saturated carbocycles. The fourth-order valence-corrected chi connectivity index (χ4v) is 3.10. The Labute approximate surface area is 154 Å². The van der Waals surface area contributed by atoms with Gasteiger partial charge >= 0.3 is 0 Å². The lowest BCUT2D eigenvalue weighted by Crippen LogP contribution is -2.25. The molecule has 1 aromatic carbocycles. The lowest BCUT2D eigenvalue weighted by Gasteiger charge is -2.22. The van der Waals surface area contributed by atoms with Crippen molar-refractivity contribution in [2.24, 2.45) is 11.8 Å². The first-order valence-corrected chi connectivity index (χ1v) is 9.21. The van der Waals surface area contributed by atoms with Crippen LogP contribution in [0, 0.1) is 11.8 Å². The summed E-state index contributed by atoms with van der Waals surface area (Å²) in [5.41, 5.74) is 2.66. The number of hydrogen-bond donors (Lipinski definition) is 1. The maximum Gasteiger partial charge on any atom is 0.241 e. The van der Waals surface area contributed by atoms with Crippen molar-refractivity contribution in [3.05, 3.63) is 59.7 Å². The Bertz CT molecular complexity index is 789. The molecule has 0 aliphatic rings. The highest BCUT2D eigenvalue weighted by molar-refractivity contribution is 5.44. The van der Waals surface area contributed by atoms with E-state index >= 15 is 0 Å². The number of benzene rings is 1. The molecule has 0 bridgehead atoms. The smallest absolute Gasteiger partial charge is 0.241 e. The van der Waals surface area contributed by atoms with E-state index in [1.807, 2.05) is 6.07 Å². The number of hydrogen-bond acceptors (Lipinski definition) is 5. The molecular formula is C21H27N3O2. The van der Waals surface area contributed by atoms with Crippen LogP contribution >= 0.6 is 0 Å². The Kier molecular flexibility index (Phi) is 5.89. The van der Waals surface area contributed by atoms with Gasteiger partial charge in [0.1, 0.15) is 0 Å². The van der Waals surface area contributed by atoms with Gasteiger partial charge in [-0.1, -0.05) is 57.1 Å². The number of rotatable bonds is 8. The fraction of sp³-hybridized carbons (Fsp3) is 0.429. The molecule has 0 fully saturated rings. The molecule has 2 aromatic heterocycles. The van der Waals surface area contributed by atoms with Gasteiger partial charge in [0, 0.05) is 6.04 Å². The van der Waals surface area contributed by atoms with Crippen molar-refractivity contribution in [2.45, 2.75) is 46.7 Å². The first kappa shape index (κ1) is 18.4. The van der Waals surface area contributed by atoms with E-state index < -0.39 is 0 Å². The maximum atomic E-state index is 5.33. The number of nitrogens with zero attached hydrogens (tertiary/aromatic N) is 2. The second kappa shape index (κ2) is 8.32. The van der Waals surface area contributed by atoms with Gasteiger partial charge in [-0.3, -0.25) is 0 Å². The van der Waals surface area contributed by atoms with Crippen molar-refractivity contribution < 1.29 is 8.94 Å². The van der Waals surface area contributed by atoms with Crippen LogP contribution in [0.3, 0.4) is 0 Å². The summed E-state index contributed by atoms with van der Waals surface area (Å²) >= 11 is 0. The third kappa shape index (κ3) is 4.61. The minimum absolute atomic E-state index is 0.224. The first-order valence-electron chi connectivity index (χ1n) is 9.21. The van der Waals surface area contributed by atoms with Crippen LogP contribution < -0.4 is 5.32 Å². The number of furan rings is 1. The van der Waals surface area contributed by atoms with Gasteiger partial charge in [0.2, 0.25) is 11.7 Å². The molecular weight excluding hydrogens is 326 g/mol. The Morgan fingerprint density at radius 3 is 2.42 bits per heavy atom. The highest BCUT2D eigenvalue weighted by Gasteiger charge is 2.17. The Hall–Kier alpha value is -2.40. The zero-order chi connectivity index (χ0) is 18.5. The van der Waals surface area contributed by atoms with E-state index in [1.54, 1.807) is 12.3 Å². The van der Waals surface area contributed by atoms with Gasteiger partial charge in [-0.2, -0.15) is 4.98 Å². The standard InChI is InChI=1S/C21H27N3O2/c1-14(2)12-16-7-9-17(10-8-16)20(15(3)4)22-13-19-23-21(24-26-19)18-6-5-11-25-18/h5-11,14-15,20,22H,12-13H2,1-4H3. The van der Waals surface area contributed by atoms with Crippen molar-refractivity contribution in [2.75, 3.05) is 0 Å². The topological polar surface area (TPSA) is 64.1 Å². The maximum absolute atomic E-state index is 5.33. The third-order valence-corrected chi connectivity index (χ3v) is 4.33. The molecule has 1 unspecified atom stereocenters. The molecule has 0 radical (unpaired) electrons. The molecule has 0 spiro atoms. The summed E-state index contributed by atoms with van der Waals surface area (Å²) in [6.45, 7) is 9.43. The van der Waals surface area contributed by atoms with Crippen molar-refractivity contribution >= 4 is 0 Å². The van der Waals surface area contributed by atoms with E-state index in [2.05, 4.69) is 67.4 Å². The molecule has 0 amide bonds. The zero-order valence-corrected chi connectivity index (χ0v) is 15.9. The molecule has 3 rings (SSSR count). The molecule has 3 aromatic rings. The van der Waals surface area contributed by atoms with Crippen LogP contribution in [-0.4, -0.2) is 10.1 Å². The van der Waals surface area contributed by atoms with Crippen molar-refractivity contribution in [1.29, 1.82) is 0 Å². The highest BCUT2D eigenvalue weighted by Crippen LogP contribution is 2.23. The van der Waals surface area contributed by atoms with E-state index in [1.165, 1.54) is 11.1 Å². The molecule has 1 atom stereocenters. The SMILES string of the molecule is CC(C)Cc1ccc(C(NCc2nc(-c3ccco3)no2)C(C)C)cc1. The van der Waals surface area contributed by atoms with Gasteiger partial charge in [0.15, 0.2) is 5.76 Å². The van der Waals surface area contributed by atoms with Gasteiger partial charge in [-0.15, -0.1) is 0 Å². The van der Waals surface area contributed by atoms with E-state index in [9.17, 15) is 0 Å². The van der Waals surface area contributed by atoms with Crippen LogP contribution in [0.5, 0.6) is 0 Å². The Balaban J connectivity index is 1.65. The Morgan fingerprint density at radius 1 is 1.04 bits per heavy atom. The summed E-state index contributed by atoms with van der Waals surface area (Å²) in [6.07, 6.45) is 2.71. The first-order chi connectivity index (χ1) is 12.5. The summed E-state index contributed by atoms with van der Waals surface area (Å²) in [5, 5.41) is 7.52. The van der Waals surface area contributed by atoms with Crippen molar-refractivity contribution in [1.82, 2.24) is 15.5 Å². The molecule has 5 heteroatoms. The fourth-order valence-electron chi connectivity index (χ4n) is 3.10. The predicted octanol–water partition coefficient (Wildman–Crippen LogP) is 5.02. The molecule has 0 aliphatic heterocycles. The Morgan fingerprint density at radius 2 is 1.81 bits per heavy atom. The molecule has 2 heterocycles. The summed E-state index contributed by atoms with van der Waals surface area (Å²) in [7, 11) is 0. The van der Waals surface area contributed by atoms with Crippen LogP contribution in [0.1, 0.15) is 50.8 Å². The summed E-state index contributed by atoms with van der Waals surface area (Å²) < 4.78 is 10.6. The number of aromatic nitrogens is 2. The average Bonchev–Trinajstić information content (AvgIpc) is 3.26. The van der Waals surface area contributed by atoms with Gasteiger partial charge in [-0.25, -0.2) is 0 Å². The third-order valence-electron chi connectivity index (χ3n) is 4.33. The van der Waals surface area contributed by atoms with E-state index in [-0.39, 0.29) is 6.04 Å². The van der Waals surface area contributed by atoms with Crippen LogP contribution in [0.4, 0.5) is 0 Å². The minimum atomic E-state index is 0.224. The van der Waals surface area contributed by atoms with Gasteiger partial charge in [0.25, 0.3) is 0 Å². The average molecular weight is 353 g/mol. The zero-order valence-electron chi connectivity index (χ0n) is 15.9. The monoisotopic (exact) mass is 353 g/mol. The molecule has 138 valence electrons. The second-order valence-corrected chi connectivity index (χ2v) is 7.43. The number of nitrogens with one attached hydrogen (secondary N) is 1. The van der Waals surface area contributed by atoms with E-state index in [4.69, 9.17) is 8.94 Å². The predicted molar refractivity (Wildman–Crippen MR) is 101 cm³/mol. The van der Waals surface area contributed by atoms with Gasteiger partial charge < -0.3 is 14.3 Å². The van der Waals surface area contributed by atoms with Crippen LogP contribution in [-0.2, 0) is 13.0 Å². The van der Waals surface area contributed by atoms with E-state index in [0.717, 1.165) is 6.42 Å². The van der Waals surface area contributed by atoms with Crippen LogP contribution in [0.2, 0.25) is 0 Å². The van der Waals surface area contributed by atoms with Crippen LogP contribution in [0.25, 0.3) is 11.6 Å². The van der Waals surface area contributed by atoms with Crippen molar-refractivity contribution in [3.63, 3.8) is 0 Å². The normalized spacial score (nSPS) is 12.8. The second-order valence-electron chi connectivity index (χ2n) is 7.43. The van der Waals surface area contributed by atoms with E-state index in [0.29, 0.717) is 35.9 Å². The molecule has 1 N–H and O–H groups in total. The van der Waals surface area contributed by atoms with Crippen molar-refractivity contribution in [3.8, 4) is 11.6 Å². The molecule has 0 aliphatic carbocycles. The largest absolute Gasteiger partial charge is 0.461 e. The molecule has 5 nitrogen and oxygen atoms in total. The highest BCUT2D eigenvalue weighted by atomic mass is 16.5. The lowest BCUT2D eigenvalue weighted by molar-refractivity contribution is 0.337. The molecule has 0 saturated heterocycles. The quantitative estimate of drug-likeness (QED) is 0.616. The van der Waals surface area contributed by atoms with Gasteiger partial charge in [0.05, 0.1) is 12.8 Å². The van der Waals surface area contributed by atoms with Crippen LogP contribution in [0.15, 0.2) is 51.6 Å². The summed E-state index contributed by atoms with van der Waals surface area (Å²) in [6, 6.07) is 12.7. The van der Waals surface area contributed by atoms with Gasteiger partial charge in [-0.05, 0) is 41.5 Å². The summed E-state index contributed by atoms with van der Waals surface area (Å²) in [5.74, 6) is 2.75. The summed E-state index contributed by atoms with van der Waals surface area (Å²) in [4.78, 5) is 4.39.